The molecule has 0 unspecified atom stereocenters. The lowest BCUT2D eigenvalue weighted by atomic mass is 10.1. The summed E-state index contributed by atoms with van der Waals surface area (Å²) in [6.45, 7) is 9.05. The van der Waals surface area contributed by atoms with Gasteiger partial charge in [0.2, 0.25) is 5.95 Å². The number of nitrogens with zero attached hydrogens (tertiary/aromatic N) is 5. The fourth-order valence-corrected chi connectivity index (χ4v) is 4.74. The van der Waals surface area contributed by atoms with E-state index in [1.807, 2.05) is 10.6 Å². The maximum Gasteiger partial charge on any atom is 0.329 e. The number of nitrogens with one attached hydrogen (secondary N) is 1. The fourth-order valence-electron chi connectivity index (χ4n) is 4.74. The molecule has 3 heterocycles. The van der Waals surface area contributed by atoms with E-state index < -0.39 is 11.2 Å². The Morgan fingerprint density at radius 1 is 0.941 bits per heavy atom. The summed E-state index contributed by atoms with van der Waals surface area (Å²) in [7, 11) is 1.65. The molecule has 2 aromatic heterocycles. The highest BCUT2D eigenvalue weighted by Crippen LogP contribution is 2.23. The number of hydrogen-bond acceptors (Lipinski definition) is 5. The van der Waals surface area contributed by atoms with E-state index >= 15 is 0 Å². The van der Waals surface area contributed by atoms with Gasteiger partial charge < -0.3 is 4.90 Å². The van der Waals surface area contributed by atoms with Crippen LogP contribution in [-0.4, -0.2) is 50.2 Å². The summed E-state index contributed by atoms with van der Waals surface area (Å²) in [5.41, 5.74) is 4.91. The third-order valence-corrected chi connectivity index (χ3v) is 6.72. The van der Waals surface area contributed by atoms with E-state index in [1.54, 1.807) is 7.05 Å². The average molecular weight is 459 g/mol. The molecule has 0 radical (unpaired) electrons. The van der Waals surface area contributed by atoms with E-state index in [0.29, 0.717) is 17.7 Å². The van der Waals surface area contributed by atoms with E-state index in [4.69, 9.17) is 4.98 Å². The lowest BCUT2D eigenvalue weighted by molar-refractivity contribution is 0.248. The van der Waals surface area contributed by atoms with Crippen LogP contribution in [0.2, 0.25) is 0 Å². The zero-order valence-corrected chi connectivity index (χ0v) is 19.9. The molecule has 1 aliphatic heterocycles. The number of aromatic amines is 1. The zero-order chi connectivity index (χ0) is 23.8. The molecule has 8 nitrogen and oxygen atoms in total. The highest BCUT2D eigenvalue weighted by atomic mass is 16.2. The maximum atomic E-state index is 12.9. The Hall–Kier alpha value is -3.65. The molecule has 1 N–H and O–H groups in total. The molecule has 0 aliphatic carbocycles. The van der Waals surface area contributed by atoms with Crippen molar-refractivity contribution in [3.05, 3.63) is 91.6 Å². The Labute approximate surface area is 198 Å². The highest BCUT2D eigenvalue weighted by molar-refractivity contribution is 5.74. The molecule has 176 valence electrons. The summed E-state index contributed by atoms with van der Waals surface area (Å²) in [5.74, 6) is 0.735. The molecule has 8 heteroatoms. The Kier molecular flexibility index (Phi) is 5.83. The highest BCUT2D eigenvalue weighted by Gasteiger charge is 2.25. The van der Waals surface area contributed by atoms with Gasteiger partial charge in [-0.25, -0.2) is 4.79 Å². The Bertz CT molecular complexity index is 1460. The number of aromatic nitrogens is 4. The van der Waals surface area contributed by atoms with Crippen molar-refractivity contribution >= 4 is 17.1 Å². The summed E-state index contributed by atoms with van der Waals surface area (Å²) in [5, 5.41) is 0. The molecule has 1 aliphatic rings. The molecule has 5 rings (SSSR count). The zero-order valence-electron chi connectivity index (χ0n) is 19.9. The first-order chi connectivity index (χ1) is 16.4. The number of rotatable bonds is 5. The smallest absolute Gasteiger partial charge is 0.329 e. The van der Waals surface area contributed by atoms with E-state index in [0.717, 1.165) is 49.8 Å². The SMILES string of the molecule is Cc1cccc(Cn2c(N3CCN(Cc4ccccc4C)CC3)nc3c2c(=O)[nH]c(=O)n3C)c1. The van der Waals surface area contributed by atoms with Crippen LogP contribution in [0, 0.1) is 13.8 Å². The second-order valence-corrected chi connectivity index (χ2v) is 9.17. The van der Waals surface area contributed by atoms with Crippen LogP contribution >= 0.6 is 0 Å². The van der Waals surface area contributed by atoms with Gasteiger partial charge in [0.05, 0.1) is 6.54 Å². The molecule has 1 saturated heterocycles. The molecule has 34 heavy (non-hydrogen) atoms. The minimum Gasteiger partial charge on any atom is -0.340 e. The molecule has 0 bridgehead atoms. The van der Waals surface area contributed by atoms with Gasteiger partial charge in [-0.1, -0.05) is 54.1 Å². The summed E-state index contributed by atoms with van der Waals surface area (Å²) in [4.78, 5) is 37.0. The first-order valence-corrected chi connectivity index (χ1v) is 11.7. The second kappa shape index (κ2) is 8.95. The van der Waals surface area contributed by atoms with Gasteiger partial charge in [0, 0.05) is 39.8 Å². The summed E-state index contributed by atoms with van der Waals surface area (Å²) < 4.78 is 3.38. The first-order valence-electron chi connectivity index (χ1n) is 11.7. The van der Waals surface area contributed by atoms with Gasteiger partial charge in [0.15, 0.2) is 11.2 Å². The van der Waals surface area contributed by atoms with Crippen molar-refractivity contribution in [2.24, 2.45) is 7.05 Å². The van der Waals surface area contributed by atoms with Crippen LogP contribution in [0.1, 0.15) is 22.3 Å². The topological polar surface area (TPSA) is 79.2 Å². The Morgan fingerprint density at radius 3 is 2.44 bits per heavy atom. The maximum absolute atomic E-state index is 12.9. The number of imidazole rings is 1. The van der Waals surface area contributed by atoms with Crippen LogP contribution in [0.5, 0.6) is 0 Å². The molecule has 4 aromatic rings. The third-order valence-electron chi connectivity index (χ3n) is 6.72. The number of fused-ring (bicyclic) bond motifs is 1. The van der Waals surface area contributed by atoms with Crippen LogP contribution < -0.4 is 16.1 Å². The van der Waals surface area contributed by atoms with Crippen molar-refractivity contribution in [1.82, 2.24) is 24.0 Å². The summed E-state index contributed by atoms with van der Waals surface area (Å²) in [6, 6.07) is 16.8. The molecule has 0 atom stereocenters. The number of piperazine rings is 1. The van der Waals surface area contributed by atoms with Crippen LogP contribution in [0.25, 0.3) is 11.2 Å². The molecule has 2 aromatic carbocycles. The predicted octanol–water partition coefficient (Wildman–Crippen LogP) is 2.41. The monoisotopic (exact) mass is 458 g/mol. The van der Waals surface area contributed by atoms with Crippen LogP contribution in [-0.2, 0) is 20.1 Å². The van der Waals surface area contributed by atoms with Crippen molar-refractivity contribution in [2.45, 2.75) is 26.9 Å². The van der Waals surface area contributed by atoms with Crippen molar-refractivity contribution in [1.29, 1.82) is 0 Å². The van der Waals surface area contributed by atoms with Gasteiger partial charge in [-0.05, 0) is 30.5 Å². The average Bonchev–Trinajstić information content (AvgIpc) is 3.19. The van der Waals surface area contributed by atoms with Crippen molar-refractivity contribution in [3.8, 4) is 0 Å². The van der Waals surface area contributed by atoms with Gasteiger partial charge in [-0.3, -0.25) is 23.8 Å². The number of hydrogen-bond donors (Lipinski definition) is 1. The quantitative estimate of drug-likeness (QED) is 0.497. The second-order valence-electron chi connectivity index (χ2n) is 9.17. The molecule has 0 amide bonds. The molecule has 1 fully saturated rings. The van der Waals surface area contributed by atoms with E-state index in [2.05, 4.69) is 71.1 Å². The third kappa shape index (κ3) is 4.17. The van der Waals surface area contributed by atoms with Crippen molar-refractivity contribution in [3.63, 3.8) is 0 Å². The van der Waals surface area contributed by atoms with Crippen LogP contribution in [0.15, 0.2) is 58.1 Å². The summed E-state index contributed by atoms with van der Waals surface area (Å²) >= 11 is 0. The van der Waals surface area contributed by atoms with E-state index in [9.17, 15) is 9.59 Å². The van der Waals surface area contributed by atoms with Gasteiger partial charge in [0.1, 0.15) is 0 Å². The van der Waals surface area contributed by atoms with Crippen LogP contribution in [0.3, 0.4) is 0 Å². The lowest BCUT2D eigenvalue weighted by Crippen LogP contribution is -2.47. The number of benzene rings is 2. The number of anilines is 1. The number of aryl methyl sites for hydroxylation is 3. The molecule has 0 spiro atoms. The van der Waals surface area contributed by atoms with Gasteiger partial charge in [0.25, 0.3) is 5.56 Å². The normalized spacial score (nSPS) is 14.7. The molecular weight excluding hydrogens is 428 g/mol. The minimum atomic E-state index is -0.452. The Balaban J connectivity index is 1.47. The standard InChI is InChI=1S/C26H30N6O2/c1-18-7-6-9-20(15-18)16-32-22-23(29(3)26(34)28-24(22)33)27-25(32)31-13-11-30(12-14-31)17-21-10-5-4-8-19(21)2/h4-10,15H,11-14,16-17H2,1-3H3,(H,28,33,34). The minimum absolute atomic E-state index is 0.400. The Morgan fingerprint density at radius 2 is 1.71 bits per heavy atom. The van der Waals surface area contributed by atoms with Gasteiger partial charge in [-0.2, -0.15) is 4.98 Å². The number of H-pyrrole nitrogens is 1. The predicted molar refractivity (Wildman–Crippen MR) is 135 cm³/mol. The van der Waals surface area contributed by atoms with E-state index in [-0.39, 0.29) is 0 Å². The van der Waals surface area contributed by atoms with Crippen LogP contribution in [0.4, 0.5) is 5.95 Å². The summed E-state index contributed by atoms with van der Waals surface area (Å²) in [6.07, 6.45) is 0. The van der Waals surface area contributed by atoms with Crippen molar-refractivity contribution in [2.75, 3.05) is 31.1 Å². The van der Waals surface area contributed by atoms with E-state index in [1.165, 1.54) is 15.7 Å². The van der Waals surface area contributed by atoms with Crippen molar-refractivity contribution < 1.29 is 0 Å². The fraction of sp³-hybridized carbons (Fsp3) is 0.346. The first kappa shape index (κ1) is 22.2. The molecule has 0 saturated carbocycles. The largest absolute Gasteiger partial charge is 0.340 e. The van der Waals surface area contributed by atoms with Gasteiger partial charge >= 0.3 is 5.69 Å². The van der Waals surface area contributed by atoms with Gasteiger partial charge in [-0.15, -0.1) is 0 Å². The lowest BCUT2D eigenvalue weighted by Gasteiger charge is -2.35. The molecular formula is C26H30N6O2.